The summed E-state index contributed by atoms with van der Waals surface area (Å²) in [6.45, 7) is 0.689. The number of anilines is 2. The monoisotopic (exact) mass is 371 g/mol. The van der Waals surface area contributed by atoms with Crippen LogP contribution in [-0.2, 0) is 6.54 Å². The third-order valence-electron chi connectivity index (χ3n) is 3.51. The molecule has 2 N–H and O–H groups in total. The van der Waals surface area contributed by atoms with Crippen LogP contribution in [0.5, 0.6) is 0 Å². The fourth-order valence-corrected chi connectivity index (χ4v) is 2.67. The van der Waals surface area contributed by atoms with E-state index in [0.29, 0.717) is 28.0 Å². The Morgan fingerprint density at radius 3 is 2.48 bits per heavy atom. The normalized spacial score (nSPS) is 10.3. The molecule has 0 atom stereocenters. The fraction of sp³-hybridized carbons (Fsp3) is 0.0526. The number of nitrogens with zero attached hydrogens (tertiary/aromatic N) is 1. The van der Waals surface area contributed by atoms with Crippen LogP contribution in [0.25, 0.3) is 0 Å². The Kier molecular flexibility index (Phi) is 5.53. The molecule has 126 valence electrons. The molecule has 3 aromatic rings. The summed E-state index contributed by atoms with van der Waals surface area (Å²) >= 11 is 11.9. The summed E-state index contributed by atoms with van der Waals surface area (Å²) in [5.41, 5.74) is 2.80. The molecule has 0 aliphatic heterocycles. The van der Waals surface area contributed by atoms with E-state index in [2.05, 4.69) is 15.6 Å². The first-order valence-electron chi connectivity index (χ1n) is 7.62. The summed E-state index contributed by atoms with van der Waals surface area (Å²) < 4.78 is 0. The molecule has 0 saturated carbocycles. The second kappa shape index (κ2) is 8.01. The first kappa shape index (κ1) is 17.3. The highest BCUT2D eigenvalue weighted by Gasteiger charge is 2.10. The van der Waals surface area contributed by atoms with Crippen LogP contribution in [0.3, 0.4) is 0 Å². The molecule has 1 heterocycles. The SMILES string of the molecule is O=C(Nc1ccc(Cl)cc1Cl)c1ccc(NCc2ccccc2)cn1. The van der Waals surface area contributed by atoms with Crippen molar-refractivity contribution >= 4 is 40.5 Å². The maximum Gasteiger partial charge on any atom is 0.274 e. The van der Waals surface area contributed by atoms with Crippen LogP contribution in [0.1, 0.15) is 16.1 Å². The molecule has 0 saturated heterocycles. The minimum absolute atomic E-state index is 0.302. The molecule has 0 aliphatic carbocycles. The topological polar surface area (TPSA) is 54.0 Å². The Morgan fingerprint density at radius 2 is 1.80 bits per heavy atom. The predicted molar refractivity (Wildman–Crippen MR) is 102 cm³/mol. The van der Waals surface area contributed by atoms with Gasteiger partial charge in [0.15, 0.2) is 0 Å². The molecule has 2 aromatic carbocycles. The van der Waals surface area contributed by atoms with Crippen LogP contribution in [0, 0.1) is 0 Å². The number of hydrogen-bond acceptors (Lipinski definition) is 3. The molecule has 25 heavy (non-hydrogen) atoms. The predicted octanol–water partition coefficient (Wildman–Crippen LogP) is 5.25. The number of carbonyl (C=O) groups is 1. The molecule has 4 nitrogen and oxygen atoms in total. The number of halogens is 2. The van der Waals surface area contributed by atoms with Crippen molar-refractivity contribution in [3.63, 3.8) is 0 Å². The van der Waals surface area contributed by atoms with Gasteiger partial charge in [-0.05, 0) is 35.9 Å². The highest BCUT2D eigenvalue weighted by atomic mass is 35.5. The van der Waals surface area contributed by atoms with Crippen LogP contribution in [0.15, 0.2) is 66.9 Å². The number of rotatable bonds is 5. The molecule has 0 bridgehead atoms. The Labute approximate surface area is 155 Å². The van der Waals surface area contributed by atoms with Crippen molar-refractivity contribution in [3.05, 3.63) is 88.2 Å². The third kappa shape index (κ3) is 4.72. The fourth-order valence-electron chi connectivity index (χ4n) is 2.21. The van der Waals surface area contributed by atoms with Crippen molar-refractivity contribution in [1.82, 2.24) is 4.98 Å². The Morgan fingerprint density at radius 1 is 1.00 bits per heavy atom. The van der Waals surface area contributed by atoms with Crippen LogP contribution >= 0.6 is 23.2 Å². The first-order valence-corrected chi connectivity index (χ1v) is 8.38. The van der Waals surface area contributed by atoms with E-state index in [1.165, 1.54) is 5.56 Å². The molecule has 1 aromatic heterocycles. The van der Waals surface area contributed by atoms with Crippen molar-refractivity contribution in [2.45, 2.75) is 6.54 Å². The number of amides is 1. The van der Waals surface area contributed by atoms with E-state index in [-0.39, 0.29) is 5.91 Å². The quantitative estimate of drug-likeness (QED) is 0.643. The standard InChI is InChI=1S/C19H15Cl2N3O/c20-14-6-8-17(16(21)10-14)24-19(25)18-9-7-15(12-23-18)22-11-13-4-2-1-3-5-13/h1-10,12,22H,11H2,(H,24,25). The number of benzene rings is 2. The molecule has 0 fully saturated rings. The van der Waals surface area contributed by atoms with Crippen LogP contribution in [0.4, 0.5) is 11.4 Å². The number of hydrogen-bond donors (Lipinski definition) is 2. The van der Waals surface area contributed by atoms with Gasteiger partial charge in [-0.15, -0.1) is 0 Å². The molecule has 0 aliphatic rings. The summed E-state index contributed by atoms with van der Waals surface area (Å²) in [5.74, 6) is -0.334. The van der Waals surface area contributed by atoms with Gasteiger partial charge in [0.1, 0.15) is 5.69 Å². The first-order chi connectivity index (χ1) is 12.1. The van der Waals surface area contributed by atoms with E-state index in [0.717, 1.165) is 5.69 Å². The summed E-state index contributed by atoms with van der Waals surface area (Å²) in [7, 11) is 0. The third-order valence-corrected chi connectivity index (χ3v) is 4.06. The average molecular weight is 372 g/mol. The lowest BCUT2D eigenvalue weighted by molar-refractivity contribution is 0.102. The Bertz CT molecular complexity index is 868. The van der Waals surface area contributed by atoms with Crippen molar-refractivity contribution in [2.24, 2.45) is 0 Å². The van der Waals surface area contributed by atoms with E-state index in [9.17, 15) is 4.79 Å². The van der Waals surface area contributed by atoms with Gasteiger partial charge in [-0.2, -0.15) is 0 Å². The minimum atomic E-state index is -0.334. The lowest BCUT2D eigenvalue weighted by Crippen LogP contribution is -2.14. The minimum Gasteiger partial charge on any atom is -0.380 e. The highest BCUT2D eigenvalue weighted by molar-refractivity contribution is 6.36. The summed E-state index contributed by atoms with van der Waals surface area (Å²) in [6.07, 6.45) is 1.63. The second-order valence-electron chi connectivity index (χ2n) is 5.35. The smallest absolute Gasteiger partial charge is 0.274 e. The largest absolute Gasteiger partial charge is 0.380 e. The van der Waals surface area contributed by atoms with Crippen molar-refractivity contribution in [1.29, 1.82) is 0 Å². The second-order valence-corrected chi connectivity index (χ2v) is 6.19. The summed E-state index contributed by atoms with van der Waals surface area (Å²) in [4.78, 5) is 16.4. The van der Waals surface area contributed by atoms with Gasteiger partial charge in [-0.1, -0.05) is 53.5 Å². The summed E-state index contributed by atoms with van der Waals surface area (Å²) in [6, 6.07) is 18.4. The molecule has 6 heteroatoms. The number of nitrogens with one attached hydrogen (secondary N) is 2. The zero-order valence-corrected chi connectivity index (χ0v) is 14.7. The van der Waals surface area contributed by atoms with Gasteiger partial charge in [-0.3, -0.25) is 4.79 Å². The summed E-state index contributed by atoms with van der Waals surface area (Å²) in [5, 5.41) is 6.87. The van der Waals surface area contributed by atoms with Crippen LogP contribution in [0.2, 0.25) is 10.0 Å². The van der Waals surface area contributed by atoms with Gasteiger partial charge in [0.2, 0.25) is 0 Å². The van der Waals surface area contributed by atoms with Gasteiger partial charge >= 0.3 is 0 Å². The van der Waals surface area contributed by atoms with E-state index < -0.39 is 0 Å². The zero-order chi connectivity index (χ0) is 17.6. The Balaban J connectivity index is 1.62. The lowest BCUT2D eigenvalue weighted by atomic mass is 10.2. The van der Waals surface area contributed by atoms with E-state index in [4.69, 9.17) is 23.2 Å². The average Bonchev–Trinajstić information content (AvgIpc) is 2.63. The van der Waals surface area contributed by atoms with E-state index in [1.54, 1.807) is 30.5 Å². The van der Waals surface area contributed by atoms with Crippen LogP contribution in [-0.4, -0.2) is 10.9 Å². The van der Waals surface area contributed by atoms with Gasteiger partial charge in [-0.25, -0.2) is 4.98 Å². The Hall–Kier alpha value is -2.56. The van der Waals surface area contributed by atoms with Gasteiger partial charge in [0, 0.05) is 11.6 Å². The van der Waals surface area contributed by atoms with E-state index in [1.807, 2.05) is 36.4 Å². The molecule has 0 unspecified atom stereocenters. The van der Waals surface area contributed by atoms with Crippen molar-refractivity contribution in [2.75, 3.05) is 10.6 Å². The van der Waals surface area contributed by atoms with E-state index >= 15 is 0 Å². The zero-order valence-electron chi connectivity index (χ0n) is 13.2. The molecule has 1 amide bonds. The van der Waals surface area contributed by atoms with Crippen molar-refractivity contribution < 1.29 is 4.79 Å². The molecule has 0 radical (unpaired) electrons. The molecule has 0 spiro atoms. The molecule has 3 rings (SSSR count). The lowest BCUT2D eigenvalue weighted by Gasteiger charge is -2.09. The number of pyridine rings is 1. The number of carbonyl (C=O) groups excluding carboxylic acids is 1. The maximum absolute atomic E-state index is 12.3. The molecular formula is C19H15Cl2N3O. The van der Waals surface area contributed by atoms with Gasteiger partial charge in [0.05, 0.1) is 22.6 Å². The highest BCUT2D eigenvalue weighted by Crippen LogP contribution is 2.25. The van der Waals surface area contributed by atoms with Gasteiger partial charge in [0.25, 0.3) is 5.91 Å². The van der Waals surface area contributed by atoms with Gasteiger partial charge < -0.3 is 10.6 Å². The van der Waals surface area contributed by atoms with Crippen LogP contribution < -0.4 is 10.6 Å². The van der Waals surface area contributed by atoms with Crippen molar-refractivity contribution in [3.8, 4) is 0 Å². The molecular weight excluding hydrogens is 357 g/mol. The maximum atomic E-state index is 12.3. The number of aromatic nitrogens is 1.